The summed E-state index contributed by atoms with van der Waals surface area (Å²) in [5.41, 5.74) is 1.17. The predicted octanol–water partition coefficient (Wildman–Crippen LogP) is 4.15. The monoisotopic (exact) mass is 469 g/mol. The summed E-state index contributed by atoms with van der Waals surface area (Å²) in [6, 6.07) is 10.4. The number of nitrogens with zero attached hydrogens (tertiary/aromatic N) is 1. The van der Waals surface area contributed by atoms with Crippen molar-refractivity contribution in [3.05, 3.63) is 75.0 Å². The summed E-state index contributed by atoms with van der Waals surface area (Å²) in [7, 11) is 1.37. The number of ether oxygens (including phenoxy) is 3. The summed E-state index contributed by atoms with van der Waals surface area (Å²) in [4.78, 5) is 36.5. The van der Waals surface area contributed by atoms with E-state index in [1.165, 1.54) is 19.2 Å². The summed E-state index contributed by atoms with van der Waals surface area (Å²) < 4.78 is 16.5. The number of hydrogen-bond acceptors (Lipinski definition) is 7. The number of nitro groups is 1. The highest BCUT2D eigenvalue weighted by molar-refractivity contribution is 5.95. The predicted molar refractivity (Wildman–Crippen MR) is 123 cm³/mol. The Balaban J connectivity index is 1.98. The van der Waals surface area contributed by atoms with Gasteiger partial charge in [-0.1, -0.05) is 43.7 Å². The van der Waals surface area contributed by atoms with Gasteiger partial charge in [0.05, 0.1) is 30.3 Å². The van der Waals surface area contributed by atoms with E-state index in [2.05, 4.69) is 10.6 Å². The molecule has 180 valence electrons. The van der Waals surface area contributed by atoms with Gasteiger partial charge in [-0.25, -0.2) is 9.59 Å². The Bertz CT molecular complexity index is 1100. The van der Waals surface area contributed by atoms with Crippen LogP contribution in [0.2, 0.25) is 0 Å². The van der Waals surface area contributed by atoms with Gasteiger partial charge in [-0.2, -0.15) is 0 Å². The molecular weight excluding hydrogens is 442 g/mol. The molecule has 2 amide bonds. The van der Waals surface area contributed by atoms with Crippen LogP contribution in [-0.2, 0) is 16.1 Å². The highest BCUT2D eigenvalue weighted by Crippen LogP contribution is 2.41. The third-order valence-electron chi connectivity index (χ3n) is 5.25. The maximum Gasteiger partial charge on any atom is 0.338 e. The lowest BCUT2D eigenvalue weighted by Gasteiger charge is -2.28. The van der Waals surface area contributed by atoms with Gasteiger partial charge in [-0.05, 0) is 30.5 Å². The van der Waals surface area contributed by atoms with E-state index in [4.69, 9.17) is 14.2 Å². The molecule has 0 aromatic heterocycles. The largest absolute Gasteiger partial charge is 0.493 e. The van der Waals surface area contributed by atoms with E-state index in [9.17, 15) is 19.7 Å². The number of rotatable bonds is 10. The normalized spacial score (nSPS) is 15.3. The summed E-state index contributed by atoms with van der Waals surface area (Å²) in [5, 5.41) is 17.0. The third-order valence-corrected chi connectivity index (χ3v) is 5.25. The molecule has 2 N–H and O–H groups in total. The average molecular weight is 469 g/mol. The van der Waals surface area contributed by atoms with Gasteiger partial charge >= 0.3 is 17.7 Å². The fourth-order valence-electron chi connectivity index (χ4n) is 3.54. The number of amides is 2. The number of unbranched alkanes of at least 4 members (excludes halogenated alkanes) is 1. The molecule has 1 aliphatic heterocycles. The molecule has 34 heavy (non-hydrogen) atoms. The van der Waals surface area contributed by atoms with Crippen LogP contribution in [-0.4, -0.2) is 30.6 Å². The second-order valence-corrected chi connectivity index (χ2v) is 7.66. The standard InChI is InChI=1S/C24H27N3O7/c1-4-5-11-33-22-18(27(30)31)12-17(13-19(22)32-3)21-20(15(2)25-24(29)26-21)23(28)34-14-16-9-7-6-8-10-16/h6-10,12-13,21H,4-5,11,14H2,1-3H3,(H2,25,26,29). The van der Waals surface area contributed by atoms with Crippen molar-refractivity contribution in [3.8, 4) is 11.5 Å². The van der Waals surface area contributed by atoms with Crippen LogP contribution in [0.1, 0.15) is 43.9 Å². The maximum absolute atomic E-state index is 13.0. The molecule has 0 saturated heterocycles. The molecule has 10 heteroatoms. The summed E-state index contributed by atoms with van der Waals surface area (Å²) >= 11 is 0. The van der Waals surface area contributed by atoms with E-state index < -0.39 is 23.0 Å². The molecule has 0 radical (unpaired) electrons. The average Bonchev–Trinajstić information content (AvgIpc) is 2.82. The van der Waals surface area contributed by atoms with Gasteiger partial charge in [0.25, 0.3) is 0 Å². The topological polar surface area (TPSA) is 129 Å². The lowest BCUT2D eigenvalue weighted by atomic mass is 9.94. The highest BCUT2D eigenvalue weighted by atomic mass is 16.6. The molecule has 0 fully saturated rings. The van der Waals surface area contributed by atoms with Crippen molar-refractivity contribution < 1.29 is 28.7 Å². The van der Waals surface area contributed by atoms with E-state index in [-0.39, 0.29) is 47.2 Å². The first-order chi connectivity index (χ1) is 16.3. The minimum atomic E-state index is -0.991. The van der Waals surface area contributed by atoms with Crippen molar-refractivity contribution in [2.45, 2.75) is 39.3 Å². The first kappa shape index (κ1) is 24.6. The van der Waals surface area contributed by atoms with E-state index in [1.807, 2.05) is 37.3 Å². The molecule has 10 nitrogen and oxygen atoms in total. The van der Waals surface area contributed by atoms with Crippen LogP contribution in [0, 0.1) is 10.1 Å². The lowest BCUT2D eigenvalue weighted by molar-refractivity contribution is -0.386. The molecule has 1 heterocycles. The molecule has 1 atom stereocenters. The van der Waals surface area contributed by atoms with Crippen LogP contribution in [0.3, 0.4) is 0 Å². The van der Waals surface area contributed by atoms with Gasteiger partial charge in [-0.15, -0.1) is 0 Å². The SMILES string of the molecule is CCCCOc1c(OC)cc(C2NC(=O)NC(C)=C2C(=O)OCc2ccccc2)cc1[N+](=O)[O-]. The van der Waals surface area contributed by atoms with E-state index in [0.29, 0.717) is 6.42 Å². The molecule has 1 aliphatic rings. The van der Waals surface area contributed by atoms with E-state index in [0.717, 1.165) is 12.0 Å². The third kappa shape index (κ3) is 5.64. The van der Waals surface area contributed by atoms with Gasteiger partial charge in [0.2, 0.25) is 5.75 Å². The highest BCUT2D eigenvalue weighted by Gasteiger charge is 2.35. The zero-order chi connectivity index (χ0) is 24.7. The number of carbonyl (C=O) groups excluding carboxylic acids is 2. The fourth-order valence-corrected chi connectivity index (χ4v) is 3.54. The fraction of sp³-hybridized carbons (Fsp3) is 0.333. The zero-order valence-corrected chi connectivity index (χ0v) is 19.3. The van der Waals surface area contributed by atoms with Crippen LogP contribution in [0.25, 0.3) is 0 Å². The second kappa shape index (κ2) is 11.2. The molecule has 1 unspecified atom stereocenters. The summed E-state index contributed by atoms with van der Waals surface area (Å²) in [5.74, 6) is -0.537. The Hall–Kier alpha value is -4.08. The Morgan fingerprint density at radius 2 is 1.94 bits per heavy atom. The molecular formula is C24H27N3O7. The number of hydrogen-bond donors (Lipinski definition) is 2. The Morgan fingerprint density at radius 1 is 1.21 bits per heavy atom. The smallest absolute Gasteiger partial charge is 0.338 e. The first-order valence-corrected chi connectivity index (χ1v) is 10.8. The number of carbonyl (C=O) groups is 2. The van der Waals surface area contributed by atoms with E-state index >= 15 is 0 Å². The van der Waals surface area contributed by atoms with Crippen LogP contribution in [0.4, 0.5) is 10.5 Å². The van der Waals surface area contributed by atoms with Crippen molar-refractivity contribution in [1.29, 1.82) is 0 Å². The Kier molecular flexibility index (Phi) is 8.07. The molecule has 0 bridgehead atoms. The molecule has 0 spiro atoms. The molecule has 0 saturated carbocycles. The van der Waals surface area contributed by atoms with Crippen LogP contribution in [0.5, 0.6) is 11.5 Å². The van der Waals surface area contributed by atoms with Crippen LogP contribution >= 0.6 is 0 Å². The Morgan fingerprint density at radius 3 is 2.59 bits per heavy atom. The first-order valence-electron chi connectivity index (χ1n) is 10.8. The molecule has 3 rings (SSSR count). The van der Waals surface area contributed by atoms with Crippen molar-refractivity contribution in [2.75, 3.05) is 13.7 Å². The molecule has 2 aromatic carbocycles. The zero-order valence-electron chi connectivity index (χ0n) is 19.3. The van der Waals surface area contributed by atoms with Crippen molar-refractivity contribution >= 4 is 17.7 Å². The van der Waals surface area contributed by atoms with Gasteiger partial charge < -0.3 is 24.8 Å². The minimum absolute atomic E-state index is 0.00105. The molecule has 0 aliphatic carbocycles. The van der Waals surface area contributed by atoms with E-state index in [1.54, 1.807) is 6.92 Å². The van der Waals surface area contributed by atoms with Crippen molar-refractivity contribution in [1.82, 2.24) is 10.6 Å². The maximum atomic E-state index is 13.0. The second-order valence-electron chi connectivity index (χ2n) is 7.66. The summed E-state index contributed by atoms with van der Waals surface area (Å²) in [6.45, 7) is 3.86. The van der Waals surface area contributed by atoms with Crippen molar-refractivity contribution in [2.24, 2.45) is 0 Å². The molecule has 2 aromatic rings. The van der Waals surface area contributed by atoms with Crippen molar-refractivity contribution in [3.63, 3.8) is 0 Å². The number of esters is 1. The minimum Gasteiger partial charge on any atom is -0.493 e. The number of methoxy groups -OCH3 is 1. The summed E-state index contributed by atoms with van der Waals surface area (Å²) in [6.07, 6.45) is 1.57. The number of nitro benzene ring substituents is 1. The van der Waals surface area contributed by atoms with Crippen LogP contribution < -0.4 is 20.1 Å². The van der Waals surface area contributed by atoms with Gasteiger partial charge in [0.15, 0.2) is 5.75 Å². The van der Waals surface area contributed by atoms with Gasteiger partial charge in [0.1, 0.15) is 6.61 Å². The number of urea groups is 1. The lowest BCUT2D eigenvalue weighted by Crippen LogP contribution is -2.45. The number of allylic oxidation sites excluding steroid dienone is 1. The Labute approximate surface area is 197 Å². The van der Waals surface area contributed by atoms with Gasteiger partial charge in [-0.3, -0.25) is 10.1 Å². The quantitative estimate of drug-likeness (QED) is 0.231. The van der Waals surface area contributed by atoms with Crippen LogP contribution in [0.15, 0.2) is 53.7 Å². The number of benzene rings is 2. The number of nitrogens with one attached hydrogen (secondary N) is 2. The van der Waals surface area contributed by atoms with Gasteiger partial charge in [0, 0.05) is 11.8 Å².